The lowest BCUT2D eigenvalue weighted by atomic mass is 9.96. The van der Waals surface area contributed by atoms with E-state index in [-0.39, 0.29) is 18.8 Å². The van der Waals surface area contributed by atoms with E-state index >= 15 is 0 Å². The van der Waals surface area contributed by atoms with Gasteiger partial charge in [-0.15, -0.1) is 0 Å². The zero-order chi connectivity index (χ0) is 11.8. The van der Waals surface area contributed by atoms with Crippen LogP contribution < -0.4 is 0 Å². The number of hydrogen-bond donors (Lipinski definition) is 3. The van der Waals surface area contributed by atoms with Crippen LogP contribution in [0.25, 0.3) is 0 Å². The molecule has 0 bridgehead atoms. The van der Waals surface area contributed by atoms with E-state index in [1.54, 1.807) is 0 Å². The third kappa shape index (κ3) is 5.28. The van der Waals surface area contributed by atoms with Crippen LogP contribution in [0.4, 0.5) is 0 Å². The van der Waals surface area contributed by atoms with Crippen molar-refractivity contribution >= 4 is 0 Å². The van der Waals surface area contributed by atoms with Gasteiger partial charge in [-0.3, -0.25) is 0 Å². The average Bonchev–Trinajstić information content (AvgIpc) is 2.67. The van der Waals surface area contributed by atoms with Crippen molar-refractivity contribution < 1.29 is 15.3 Å². The standard InChI is InChI=1S/C13H26O3/c14-10-3-1-2-6-12(15)9-8-11-5-4-7-13(11)16/h11-16H,1-10H2. The van der Waals surface area contributed by atoms with E-state index in [0.717, 1.165) is 57.8 Å². The highest BCUT2D eigenvalue weighted by Crippen LogP contribution is 2.30. The Bertz CT molecular complexity index is 173. The van der Waals surface area contributed by atoms with Crippen molar-refractivity contribution in [2.75, 3.05) is 6.61 Å². The van der Waals surface area contributed by atoms with Gasteiger partial charge in [-0.05, 0) is 44.4 Å². The molecule has 1 saturated carbocycles. The molecule has 3 unspecified atom stereocenters. The molecule has 96 valence electrons. The van der Waals surface area contributed by atoms with Gasteiger partial charge in [0.1, 0.15) is 0 Å². The average molecular weight is 230 g/mol. The lowest BCUT2D eigenvalue weighted by molar-refractivity contribution is 0.101. The molecule has 0 aliphatic heterocycles. The number of hydrogen-bond acceptors (Lipinski definition) is 3. The van der Waals surface area contributed by atoms with Crippen LogP contribution in [0, 0.1) is 5.92 Å². The van der Waals surface area contributed by atoms with Crippen LogP contribution >= 0.6 is 0 Å². The summed E-state index contributed by atoms with van der Waals surface area (Å²) in [6, 6.07) is 0. The lowest BCUT2D eigenvalue weighted by Gasteiger charge is -2.16. The highest BCUT2D eigenvalue weighted by molar-refractivity contribution is 4.77. The highest BCUT2D eigenvalue weighted by Gasteiger charge is 2.25. The van der Waals surface area contributed by atoms with Gasteiger partial charge in [0.05, 0.1) is 12.2 Å². The van der Waals surface area contributed by atoms with E-state index in [1.807, 2.05) is 0 Å². The molecule has 3 heteroatoms. The molecule has 0 heterocycles. The third-order valence-corrected chi connectivity index (χ3v) is 3.69. The Kier molecular flexibility index (Phi) is 7.01. The van der Waals surface area contributed by atoms with Gasteiger partial charge in [0.2, 0.25) is 0 Å². The Morgan fingerprint density at radius 2 is 1.88 bits per heavy atom. The van der Waals surface area contributed by atoms with Gasteiger partial charge in [0, 0.05) is 6.61 Å². The molecule has 0 aromatic heterocycles. The molecular formula is C13H26O3. The van der Waals surface area contributed by atoms with Gasteiger partial charge >= 0.3 is 0 Å². The van der Waals surface area contributed by atoms with Crippen LogP contribution in [0.5, 0.6) is 0 Å². The van der Waals surface area contributed by atoms with E-state index in [2.05, 4.69) is 0 Å². The molecule has 0 aromatic rings. The minimum Gasteiger partial charge on any atom is -0.396 e. The molecule has 0 aromatic carbocycles. The second kappa shape index (κ2) is 8.04. The van der Waals surface area contributed by atoms with Gasteiger partial charge in [-0.2, -0.15) is 0 Å². The maximum Gasteiger partial charge on any atom is 0.0568 e. The summed E-state index contributed by atoms with van der Waals surface area (Å²) >= 11 is 0. The molecular weight excluding hydrogens is 204 g/mol. The fourth-order valence-electron chi connectivity index (χ4n) is 2.57. The summed E-state index contributed by atoms with van der Waals surface area (Å²) in [5.41, 5.74) is 0. The fourth-order valence-corrected chi connectivity index (χ4v) is 2.57. The highest BCUT2D eigenvalue weighted by atomic mass is 16.3. The number of aliphatic hydroxyl groups is 3. The van der Waals surface area contributed by atoms with Gasteiger partial charge in [0.15, 0.2) is 0 Å². The predicted octanol–water partition coefficient (Wildman–Crippen LogP) is 1.84. The Morgan fingerprint density at radius 1 is 1.06 bits per heavy atom. The van der Waals surface area contributed by atoms with E-state index < -0.39 is 0 Å². The Labute approximate surface area is 98.5 Å². The lowest BCUT2D eigenvalue weighted by Crippen LogP contribution is -2.16. The monoisotopic (exact) mass is 230 g/mol. The van der Waals surface area contributed by atoms with Gasteiger partial charge < -0.3 is 15.3 Å². The van der Waals surface area contributed by atoms with Crippen LogP contribution in [0.2, 0.25) is 0 Å². The van der Waals surface area contributed by atoms with E-state index in [1.165, 1.54) is 0 Å². The summed E-state index contributed by atoms with van der Waals surface area (Å²) in [5.74, 6) is 0.423. The smallest absolute Gasteiger partial charge is 0.0568 e. The number of aliphatic hydroxyl groups excluding tert-OH is 3. The first-order valence-electron chi connectivity index (χ1n) is 6.71. The predicted molar refractivity (Wildman–Crippen MR) is 64.1 cm³/mol. The Hall–Kier alpha value is -0.120. The minimum absolute atomic E-state index is 0.124. The second-order valence-corrected chi connectivity index (χ2v) is 5.06. The molecule has 1 fully saturated rings. The van der Waals surface area contributed by atoms with Gasteiger partial charge in [-0.25, -0.2) is 0 Å². The largest absolute Gasteiger partial charge is 0.396 e. The van der Waals surface area contributed by atoms with Crippen LogP contribution in [-0.4, -0.2) is 34.1 Å². The van der Waals surface area contributed by atoms with E-state index in [9.17, 15) is 10.2 Å². The maximum atomic E-state index is 9.75. The molecule has 0 saturated heterocycles. The number of unbranched alkanes of at least 4 members (excludes halogenated alkanes) is 2. The van der Waals surface area contributed by atoms with Crippen LogP contribution in [0.3, 0.4) is 0 Å². The summed E-state index contributed by atoms with van der Waals surface area (Å²) in [5, 5.41) is 28.0. The van der Waals surface area contributed by atoms with Crippen molar-refractivity contribution in [3.8, 4) is 0 Å². The summed E-state index contributed by atoms with van der Waals surface area (Å²) in [6.45, 7) is 0.254. The van der Waals surface area contributed by atoms with Crippen molar-refractivity contribution in [1.82, 2.24) is 0 Å². The molecule has 3 nitrogen and oxygen atoms in total. The van der Waals surface area contributed by atoms with E-state index in [0.29, 0.717) is 5.92 Å². The normalized spacial score (nSPS) is 27.2. The summed E-state index contributed by atoms with van der Waals surface area (Å²) < 4.78 is 0. The topological polar surface area (TPSA) is 60.7 Å². The molecule has 1 aliphatic rings. The second-order valence-electron chi connectivity index (χ2n) is 5.06. The Balaban J connectivity index is 1.99. The first kappa shape index (κ1) is 13.9. The molecule has 1 aliphatic carbocycles. The molecule has 3 N–H and O–H groups in total. The van der Waals surface area contributed by atoms with Gasteiger partial charge in [-0.1, -0.05) is 19.3 Å². The Morgan fingerprint density at radius 3 is 2.50 bits per heavy atom. The molecule has 0 spiro atoms. The molecule has 16 heavy (non-hydrogen) atoms. The summed E-state index contributed by atoms with van der Waals surface area (Å²) in [4.78, 5) is 0. The van der Waals surface area contributed by atoms with E-state index in [4.69, 9.17) is 5.11 Å². The molecule has 0 radical (unpaired) electrons. The number of rotatable bonds is 8. The van der Waals surface area contributed by atoms with Crippen LogP contribution in [-0.2, 0) is 0 Å². The van der Waals surface area contributed by atoms with Crippen LogP contribution in [0.1, 0.15) is 57.8 Å². The zero-order valence-electron chi connectivity index (χ0n) is 10.1. The van der Waals surface area contributed by atoms with Crippen molar-refractivity contribution in [3.63, 3.8) is 0 Å². The molecule has 3 atom stereocenters. The van der Waals surface area contributed by atoms with Crippen molar-refractivity contribution in [3.05, 3.63) is 0 Å². The zero-order valence-corrected chi connectivity index (χ0v) is 10.1. The van der Waals surface area contributed by atoms with Gasteiger partial charge in [0.25, 0.3) is 0 Å². The SMILES string of the molecule is OCCCCCC(O)CCC1CCCC1O. The van der Waals surface area contributed by atoms with Crippen LogP contribution in [0.15, 0.2) is 0 Å². The first-order chi connectivity index (χ1) is 7.74. The minimum atomic E-state index is -0.216. The third-order valence-electron chi connectivity index (χ3n) is 3.69. The maximum absolute atomic E-state index is 9.75. The fraction of sp³-hybridized carbons (Fsp3) is 1.00. The quantitative estimate of drug-likeness (QED) is 0.558. The molecule has 1 rings (SSSR count). The summed E-state index contributed by atoms with van der Waals surface area (Å²) in [6.07, 6.45) is 8.32. The van der Waals surface area contributed by atoms with Crippen molar-refractivity contribution in [1.29, 1.82) is 0 Å². The summed E-state index contributed by atoms with van der Waals surface area (Å²) in [7, 11) is 0. The van der Waals surface area contributed by atoms with Crippen molar-refractivity contribution in [2.24, 2.45) is 5.92 Å². The first-order valence-corrected chi connectivity index (χ1v) is 6.71. The van der Waals surface area contributed by atoms with Crippen molar-refractivity contribution in [2.45, 2.75) is 70.0 Å². The molecule has 0 amide bonds.